The average molecular weight is 302 g/mol. The molecule has 0 aliphatic carbocycles. The van der Waals surface area contributed by atoms with Crippen LogP contribution in [0, 0.1) is 0 Å². The third kappa shape index (κ3) is 3.79. The number of nitrogen functional groups attached to an aromatic ring is 1. The van der Waals surface area contributed by atoms with Crippen LogP contribution in [0.3, 0.4) is 0 Å². The van der Waals surface area contributed by atoms with Crippen molar-refractivity contribution in [1.29, 1.82) is 0 Å². The lowest BCUT2D eigenvalue weighted by Gasteiger charge is -2.15. The number of anilines is 1. The molecule has 0 spiro atoms. The first-order valence-electron chi connectivity index (χ1n) is 7.97. The molecule has 0 amide bonds. The SMILES string of the molecule is C[C@@H](NC/C=C/c1ccc(N)cc1)c1cccc2ccccc12. The fraction of sp³-hybridized carbons (Fsp3) is 0.143. The van der Waals surface area contributed by atoms with Crippen LogP contribution >= 0.6 is 0 Å². The van der Waals surface area contributed by atoms with Crippen molar-refractivity contribution < 1.29 is 0 Å². The van der Waals surface area contributed by atoms with Crippen molar-refractivity contribution in [3.05, 3.63) is 83.9 Å². The van der Waals surface area contributed by atoms with Crippen molar-refractivity contribution in [2.24, 2.45) is 0 Å². The summed E-state index contributed by atoms with van der Waals surface area (Å²) in [4.78, 5) is 0. The second-order valence-electron chi connectivity index (χ2n) is 5.77. The van der Waals surface area contributed by atoms with E-state index in [1.807, 2.05) is 24.3 Å². The maximum absolute atomic E-state index is 5.69. The smallest absolute Gasteiger partial charge is 0.0314 e. The van der Waals surface area contributed by atoms with E-state index < -0.39 is 0 Å². The number of hydrogen-bond donors (Lipinski definition) is 2. The normalized spacial score (nSPS) is 12.7. The fourth-order valence-corrected chi connectivity index (χ4v) is 2.78. The minimum absolute atomic E-state index is 0.303. The maximum atomic E-state index is 5.69. The Morgan fingerprint density at radius 1 is 0.957 bits per heavy atom. The Hall–Kier alpha value is -2.58. The number of nitrogens with one attached hydrogen (secondary N) is 1. The van der Waals surface area contributed by atoms with E-state index in [0.29, 0.717) is 6.04 Å². The highest BCUT2D eigenvalue weighted by molar-refractivity contribution is 5.86. The molecule has 2 nitrogen and oxygen atoms in total. The molecule has 0 aliphatic rings. The minimum atomic E-state index is 0.303. The summed E-state index contributed by atoms with van der Waals surface area (Å²) in [5.41, 5.74) is 8.99. The predicted molar refractivity (Wildman–Crippen MR) is 100 cm³/mol. The Labute approximate surface area is 137 Å². The summed E-state index contributed by atoms with van der Waals surface area (Å²) < 4.78 is 0. The summed E-state index contributed by atoms with van der Waals surface area (Å²) in [6.45, 7) is 3.04. The molecule has 0 radical (unpaired) electrons. The Bertz CT molecular complexity index is 798. The molecular weight excluding hydrogens is 280 g/mol. The molecule has 3 aromatic rings. The predicted octanol–water partition coefficient (Wildman–Crippen LogP) is 4.79. The van der Waals surface area contributed by atoms with Crippen LogP contribution in [0.4, 0.5) is 5.69 Å². The third-order valence-corrected chi connectivity index (χ3v) is 4.08. The van der Waals surface area contributed by atoms with Gasteiger partial charge in [0, 0.05) is 18.3 Å². The lowest BCUT2D eigenvalue weighted by atomic mass is 10.00. The molecule has 0 fully saturated rings. The first kappa shape index (κ1) is 15.3. The lowest BCUT2D eigenvalue weighted by molar-refractivity contribution is 0.622. The van der Waals surface area contributed by atoms with Crippen LogP contribution in [0.5, 0.6) is 0 Å². The van der Waals surface area contributed by atoms with E-state index in [1.165, 1.54) is 21.9 Å². The summed E-state index contributed by atoms with van der Waals surface area (Å²) in [5, 5.41) is 6.17. The van der Waals surface area contributed by atoms with Crippen molar-refractivity contribution in [3.63, 3.8) is 0 Å². The second-order valence-corrected chi connectivity index (χ2v) is 5.77. The van der Waals surface area contributed by atoms with Gasteiger partial charge in [-0.05, 0) is 41.0 Å². The first-order chi connectivity index (χ1) is 11.2. The molecule has 3 rings (SSSR count). The molecule has 0 aromatic heterocycles. The number of hydrogen-bond acceptors (Lipinski definition) is 2. The first-order valence-corrected chi connectivity index (χ1v) is 7.97. The molecule has 0 aliphatic heterocycles. The van der Waals surface area contributed by atoms with E-state index in [9.17, 15) is 0 Å². The van der Waals surface area contributed by atoms with Crippen LogP contribution in [-0.4, -0.2) is 6.54 Å². The molecule has 0 heterocycles. The molecule has 23 heavy (non-hydrogen) atoms. The third-order valence-electron chi connectivity index (χ3n) is 4.08. The Morgan fingerprint density at radius 2 is 1.70 bits per heavy atom. The molecule has 3 N–H and O–H groups in total. The minimum Gasteiger partial charge on any atom is -0.399 e. The van der Waals surface area contributed by atoms with Crippen LogP contribution in [-0.2, 0) is 0 Å². The van der Waals surface area contributed by atoms with E-state index in [0.717, 1.165) is 12.2 Å². The standard InChI is InChI=1S/C21H22N2/c1-16(20-10-4-8-18-7-2-3-9-21(18)20)23-15-5-6-17-11-13-19(22)14-12-17/h2-14,16,23H,15,22H2,1H3/b6-5+/t16-/m1/s1. The van der Waals surface area contributed by atoms with Crippen LogP contribution in [0.25, 0.3) is 16.8 Å². The van der Waals surface area contributed by atoms with E-state index in [2.05, 4.69) is 66.9 Å². The van der Waals surface area contributed by atoms with Gasteiger partial charge in [-0.25, -0.2) is 0 Å². The Morgan fingerprint density at radius 3 is 2.52 bits per heavy atom. The van der Waals surface area contributed by atoms with Gasteiger partial charge in [0.2, 0.25) is 0 Å². The molecule has 1 atom stereocenters. The van der Waals surface area contributed by atoms with Crippen molar-refractivity contribution in [1.82, 2.24) is 5.32 Å². The van der Waals surface area contributed by atoms with Gasteiger partial charge in [0.05, 0.1) is 0 Å². The lowest BCUT2D eigenvalue weighted by Crippen LogP contribution is -2.18. The Balaban J connectivity index is 1.64. The van der Waals surface area contributed by atoms with Crippen LogP contribution in [0.2, 0.25) is 0 Å². The van der Waals surface area contributed by atoms with E-state index in [-0.39, 0.29) is 0 Å². The summed E-state index contributed by atoms with van der Waals surface area (Å²) in [6.07, 6.45) is 4.26. The largest absolute Gasteiger partial charge is 0.399 e. The molecular formula is C21H22N2. The van der Waals surface area contributed by atoms with E-state index in [1.54, 1.807) is 0 Å². The monoisotopic (exact) mass is 302 g/mol. The molecule has 2 heteroatoms. The van der Waals surface area contributed by atoms with Crippen LogP contribution in [0.1, 0.15) is 24.1 Å². The van der Waals surface area contributed by atoms with Crippen molar-refractivity contribution >= 4 is 22.5 Å². The van der Waals surface area contributed by atoms with Gasteiger partial charge < -0.3 is 11.1 Å². The van der Waals surface area contributed by atoms with Crippen molar-refractivity contribution in [3.8, 4) is 0 Å². The van der Waals surface area contributed by atoms with E-state index >= 15 is 0 Å². The van der Waals surface area contributed by atoms with Gasteiger partial charge in [0.25, 0.3) is 0 Å². The van der Waals surface area contributed by atoms with E-state index in [4.69, 9.17) is 5.73 Å². The van der Waals surface area contributed by atoms with Gasteiger partial charge in [0.1, 0.15) is 0 Å². The van der Waals surface area contributed by atoms with Gasteiger partial charge >= 0.3 is 0 Å². The maximum Gasteiger partial charge on any atom is 0.0314 e. The van der Waals surface area contributed by atoms with Crippen LogP contribution < -0.4 is 11.1 Å². The van der Waals surface area contributed by atoms with Gasteiger partial charge in [-0.1, -0.05) is 66.7 Å². The van der Waals surface area contributed by atoms with Gasteiger partial charge in [-0.15, -0.1) is 0 Å². The number of nitrogens with two attached hydrogens (primary N) is 1. The van der Waals surface area contributed by atoms with Gasteiger partial charge in [-0.3, -0.25) is 0 Å². The molecule has 0 bridgehead atoms. The van der Waals surface area contributed by atoms with Gasteiger partial charge in [-0.2, -0.15) is 0 Å². The number of fused-ring (bicyclic) bond motifs is 1. The summed E-state index contributed by atoms with van der Waals surface area (Å²) >= 11 is 0. The molecule has 3 aromatic carbocycles. The second kappa shape index (κ2) is 7.12. The highest BCUT2D eigenvalue weighted by Gasteiger charge is 2.07. The van der Waals surface area contributed by atoms with Crippen LogP contribution in [0.15, 0.2) is 72.8 Å². The zero-order valence-corrected chi connectivity index (χ0v) is 13.4. The molecule has 0 unspecified atom stereocenters. The Kier molecular flexibility index (Phi) is 4.74. The highest BCUT2D eigenvalue weighted by atomic mass is 14.9. The molecule has 0 saturated heterocycles. The van der Waals surface area contributed by atoms with Crippen molar-refractivity contribution in [2.75, 3.05) is 12.3 Å². The number of rotatable bonds is 5. The zero-order valence-electron chi connectivity index (χ0n) is 13.4. The molecule has 116 valence electrons. The van der Waals surface area contributed by atoms with Crippen molar-refractivity contribution in [2.45, 2.75) is 13.0 Å². The number of benzene rings is 3. The quantitative estimate of drug-likeness (QED) is 0.665. The average Bonchev–Trinajstić information content (AvgIpc) is 2.59. The summed E-state index contributed by atoms with van der Waals surface area (Å²) in [6, 6.07) is 23.2. The fourth-order valence-electron chi connectivity index (χ4n) is 2.78. The molecule has 0 saturated carbocycles. The van der Waals surface area contributed by atoms with Gasteiger partial charge in [0.15, 0.2) is 0 Å². The highest BCUT2D eigenvalue weighted by Crippen LogP contribution is 2.23. The summed E-state index contributed by atoms with van der Waals surface area (Å²) in [5.74, 6) is 0. The summed E-state index contributed by atoms with van der Waals surface area (Å²) in [7, 11) is 0. The zero-order chi connectivity index (χ0) is 16.1. The topological polar surface area (TPSA) is 38.0 Å².